The van der Waals surface area contributed by atoms with E-state index in [0.29, 0.717) is 28.4 Å². The number of nitrogens with zero attached hydrogens (tertiary/aromatic N) is 1. The molecule has 2 aromatic carbocycles. The van der Waals surface area contributed by atoms with Crippen LogP contribution in [0.4, 0.5) is 10.1 Å². The fourth-order valence-corrected chi connectivity index (χ4v) is 3.31. The quantitative estimate of drug-likeness (QED) is 0.685. The van der Waals surface area contributed by atoms with Gasteiger partial charge in [0.05, 0.1) is 18.5 Å². The Labute approximate surface area is 160 Å². The number of rotatable bonds is 6. The topological polar surface area (TPSA) is 71.1 Å². The third-order valence-electron chi connectivity index (χ3n) is 3.85. The van der Waals surface area contributed by atoms with Crippen molar-refractivity contribution in [3.05, 3.63) is 71.0 Å². The number of halogens is 1. The van der Waals surface area contributed by atoms with Crippen LogP contribution in [0.3, 0.4) is 0 Å². The van der Waals surface area contributed by atoms with Gasteiger partial charge < -0.3 is 10.6 Å². The van der Waals surface area contributed by atoms with Gasteiger partial charge in [-0.3, -0.25) is 9.59 Å². The van der Waals surface area contributed by atoms with Crippen LogP contribution in [0.25, 0.3) is 10.6 Å². The summed E-state index contributed by atoms with van der Waals surface area (Å²) in [6, 6.07) is 13.3. The third-order valence-corrected chi connectivity index (χ3v) is 4.79. The fourth-order valence-electron chi connectivity index (χ4n) is 2.49. The zero-order valence-corrected chi connectivity index (χ0v) is 15.5. The Morgan fingerprint density at radius 2 is 1.85 bits per heavy atom. The second-order valence-electron chi connectivity index (χ2n) is 5.93. The number of amides is 2. The van der Waals surface area contributed by atoms with Crippen molar-refractivity contribution >= 4 is 28.8 Å². The van der Waals surface area contributed by atoms with Crippen LogP contribution in [-0.2, 0) is 22.4 Å². The van der Waals surface area contributed by atoms with Gasteiger partial charge in [-0.2, -0.15) is 0 Å². The molecule has 0 saturated heterocycles. The molecule has 2 amide bonds. The number of hydrogen-bond donors (Lipinski definition) is 2. The van der Waals surface area contributed by atoms with Crippen molar-refractivity contribution in [1.82, 2.24) is 10.3 Å². The first-order valence-corrected chi connectivity index (χ1v) is 9.21. The first-order chi connectivity index (χ1) is 13.0. The molecule has 0 bridgehead atoms. The first kappa shape index (κ1) is 18.7. The SMILES string of the molecule is CNC(=O)Cc1ccc(NC(=O)Cc2csc(-c3cccc(F)c3)n2)cc1. The van der Waals surface area contributed by atoms with E-state index in [9.17, 15) is 14.0 Å². The Balaban J connectivity index is 1.59. The van der Waals surface area contributed by atoms with Gasteiger partial charge in [-0.05, 0) is 29.8 Å². The molecule has 7 heteroatoms. The highest BCUT2D eigenvalue weighted by atomic mass is 32.1. The predicted octanol–water partition coefficient (Wildman–Crippen LogP) is 3.42. The van der Waals surface area contributed by atoms with E-state index in [1.807, 2.05) is 0 Å². The number of nitrogens with one attached hydrogen (secondary N) is 2. The molecule has 1 heterocycles. The minimum Gasteiger partial charge on any atom is -0.359 e. The molecule has 5 nitrogen and oxygen atoms in total. The van der Waals surface area contributed by atoms with Gasteiger partial charge in [-0.1, -0.05) is 24.3 Å². The highest BCUT2D eigenvalue weighted by Crippen LogP contribution is 2.24. The summed E-state index contributed by atoms with van der Waals surface area (Å²) in [6.45, 7) is 0. The van der Waals surface area contributed by atoms with Gasteiger partial charge in [0.25, 0.3) is 0 Å². The lowest BCUT2D eigenvalue weighted by Gasteiger charge is -2.06. The summed E-state index contributed by atoms with van der Waals surface area (Å²) in [4.78, 5) is 28.0. The molecule has 0 unspecified atom stereocenters. The van der Waals surface area contributed by atoms with Crippen molar-refractivity contribution < 1.29 is 14.0 Å². The maximum Gasteiger partial charge on any atom is 0.230 e. The van der Waals surface area contributed by atoms with E-state index in [4.69, 9.17) is 0 Å². The third kappa shape index (κ3) is 5.21. The Morgan fingerprint density at radius 1 is 1.07 bits per heavy atom. The average Bonchev–Trinajstić information content (AvgIpc) is 3.11. The maximum atomic E-state index is 13.3. The van der Waals surface area contributed by atoms with Gasteiger partial charge in [0, 0.05) is 23.7 Å². The number of hydrogen-bond acceptors (Lipinski definition) is 4. The summed E-state index contributed by atoms with van der Waals surface area (Å²) in [5.74, 6) is -0.573. The number of anilines is 1. The Kier molecular flexibility index (Phi) is 5.93. The maximum absolute atomic E-state index is 13.3. The van der Waals surface area contributed by atoms with Crippen molar-refractivity contribution in [1.29, 1.82) is 0 Å². The van der Waals surface area contributed by atoms with E-state index in [2.05, 4.69) is 15.6 Å². The van der Waals surface area contributed by atoms with Gasteiger partial charge in [0.2, 0.25) is 11.8 Å². The van der Waals surface area contributed by atoms with E-state index in [-0.39, 0.29) is 24.1 Å². The highest BCUT2D eigenvalue weighted by Gasteiger charge is 2.10. The number of carbonyl (C=O) groups is 2. The fraction of sp³-hybridized carbons (Fsp3) is 0.150. The normalized spacial score (nSPS) is 10.4. The van der Waals surface area contributed by atoms with Crippen LogP contribution in [0.1, 0.15) is 11.3 Å². The molecule has 0 radical (unpaired) electrons. The van der Waals surface area contributed by atoms with Crippen molar-refractivity contribution in [2.24, 2.45) is 0 Å². The lowest BCUT2D eigenvalue weighted by atomic mass is 10.1. The number of carbonyl (C=O) groups excluding carboxylic acids is 2. The molecule has 3 aromatic rings. The Morgan fingerprint density at radius 3 is 2.56 bits per heavy atom. The van der Waals surface area contributed by atoms with Crippen LogP contribution < -0.4 is 10.6 Å². The molecule has 0 fully saturated rings. The van der Waals surface area contributed by atoms with Gasteiger partial charge in [0.1, 0.15) is 10.8 Å². The molecule has 1 aromatic heterocycles. The molecule has 0 aliphatic heterocycles. The van der Waals surface area contributed by atoms with Gasteiger partial charge >= 0.3 is 0 Å². The van der Waals surface area contributed by atoms with Crippen LogP contribution in [0.5, 0.6) is 0 Å². The van der Waals surface area contributed by atoms with Crippen molar-refractivity contribution in [2.45, 2.75) is 12.8 Å². The molecular weight excluding hydrogens is 365 g/mol. The molecule has 3 rings (SSSR count). The summed E-state index contributed by atoms with van der Waals surface area (Å²) in [5, 5.41) is 7.85. The second kappa shape index (κ2) is 8.55. The largest absolute Gasteiger partial charge is 0.359 e. The summed E-state index contributed by atoms with van der Waals surface area (Å²) >= 11 is 1.37. The monoisotopic (exact) mass is 383 g/mol. The van der Waals surface area contributed by atoms with Gasteiger partial charge in [0.15, 0.2) is 0 Å². The summed E-state index contributed by atoms with van der Waals surface area (Å²) in [6.07, 6.45) is 0.429. The number of benzene rings is 2. The Hall–Kier alpha value is -3.06. The lowest BCUT2D eigenvalue weighted by Crippen LogP contribution is -2.20. The highest BCUT2D eigenvalue weighted by molar-refractivity contribution is 7.13. The van der Waals surface area contributed by atoms with E-state index in [1.165, 1.54) is 23.5 Å². The minimum atomic E-state index is -0.318. The zero-order valence-electron chi connectivity index (χ0n) is 14.7. The summed E-state index contributed by atoms with van der Waals surface area (Å²) in [7, 11) is 1.59. The molecule has 138 valence electrons. The summed E-state index contributed by atoms with van der Waals surface area (Å²) in [5.41, 5.74) is 2.85. The molecule has 0 aliphatic rings. The van der Waals surface area contributed by atoms with E-state index in [1.54, 1.807) is 48.8 Å². The smallest absolute Gasteiger partial charge is 0.230 e. The van der Waals surface area contributed by atoms with Gasteiger partial charge in [-0.25, -0.2) is 9.37 Å². The van der Waals surface area contributed by atoms with Crippen LogP contribution in [0.15, 0.2) is 53.9 Å². The molecule has 0 spiro atoms. The van der Waals surface area contributed by atoms with Crippen LogP contribution in [0.2, 0.25) is 0 Å². The number of thiazole rings is 1. The standard InChI is InChI=1S/C20H18FN3O2S/c1-22-18(25)9-13-5-7-16(8-6-13)23-19(26)11-17-12-27-20(24-17)14-3-2-4-15(21)10-14/h2-8,10,12H,9,11H2,1H3,(H,22,25)(H,23,26). The lowest BCUT2D eigenvalue weighted by molar-refractivity contribution is -0.120. The van der Waals surface area contributed by atoms with Crippen LogP contribution >= 0.6 is 11.3 Å². The van der Waals surface area contributed by atoms with E-state index >= 15 is 0 Å². The van der Waals surface area contributed by atoms with Crippen LogP contribution in [0, 0.1) is 5.82 Å². The molecular formula is C20H18FN3O2S. The van der Waals surface area contributed by atoms with Crippen LogP contribution in [-0.4, -0.2) is 23.8 Å². The zero-order chi connectivity index (χ0) is 19.2. The molecule has 27 heavy (non-hydrogen) atoms. The van der Waals surface area contributed by atoms with Crippen molar-refractivity contribution in [3.8, 4) is 10.6 Å². The van der Waals surface area contributed by atoms with E-state index < -0.39 is 0 Å². The first-order valence-electron chi connectivity index (χ1n) is 8.33. The minimum absolute atomic E-state index is 0.0654. The second-order valence-corrected chi connectivity index (χ2v) is 6.78. The summed E-state index contributed by atoms with van der Waals surface area (Å²) < 4.78 is 13.3. The number of aromatic nitrogens is 1. The molecule has 0 aliphatic carbocycles. The van der Waals surface area contributed by atoms with Gasteiger partial charge in [-0.15, -0.1) is 11.3 Å². The van der Waals surface area contributed by atoms with Crippen molar-refractivity contribution in [2.75, 3.05) is 12.4 Å². The predicted molar refractivity (Wildman–Crippen MR) is 104 cm³/mol. The molecule has 0 atom stereocenters. The molecule has 0 saturated carbocycles. The average molecular weight is 383 g/mol. The Bertz CT molecular complexity index is 954. The van der Waals surface area contributed by atoms with E-state index in [0.717, 1.165) is 5.56 Å². The molecule has 2 N–H and O–H groups in total. The van der Waals surface area contributed by atoms with Crippen molar-refractivity contribution in [3.63, 3.8) is 0 Å². The number of likely N-dealkylation sites (N-methyl/N-ethyl adjacent to an activating group) is 1.